The van der Waals surface area contributed by atoms with E-state index in [1.54, 1.807) is 24.3 Å². The van der Waals surface area contributed by atoms with Crippen LogP contribution in [-0.4, -0.2) is 55.2 Å². The van der Waals surface area contributed by atoms with Gasteiger partial charge in [0.2, 0.25) is 5.91 Å². The molecule has 1 aromatic rings. The molecule has 0 heterocycles. The highest BCUT2D eigenvalue weighted by Gasteiger charge is 2.14. The molecule has 7 nitrogen and oxygen atoms in total. The van der Waals surface area contributed by atoms with Crippen molar-refractivity contribution in [3.8, 4) is 6.07 Å². The van der Waals surface area contributed by atoms with Crippen molar-refractivity contribution in [1.82, 2.24) is 4.90 Å². The fourth-order valence-electron chi connectivity index (χ4n) is 1.70. The van der Waals surface area contributed by atoms with Gasteiger partial charge in [0.05, 0.1) is 31.3 Å². The topological polar surface area (TPSA) is 103 Å². The Labute approximate surface area is 122 Å². The third-order valence-electron chi connectivity index (χ3n) is 2.61. The van der Waals surface area contributed by atoms with E-state index in [2.05, 4.69) is 5.32 Å². The lowest BCUT2D eigenvalue weighted by Crippen LogP contribution is -2.38. The average Bonchev–Trinajstić information content (AvgIpc) is 2.44. The van der Waals surface area contributed by atoms with Crippen LogP contribution in [0.3, 0.4) is 0 Å². The maximum Gasteiger partial charge on any atom is 0.317 e. The van der Waals surface area contributed by atoms with E-state index in [0.717, 1.165) is 0 Å². The summed E-state index contributed by atoms with van der Waals surface area (Å²) in [5.74, 6) is -1.35. The van der Waals surface area contributed by atoms with Gasteiger partial charge < -0.3 is 15.2 Å². The first-order valence-electron chi connectivity index (χ1n) is 6.28. The zero-order chi connectivity index (χ0) is 15.7. The number of methoxy groups -OCH3 is 1. The lowest BCUT2D eigenvalue weighted by atomic mass is 10.2. The number of carbonyl (C=O) groups excluding carboxylic acids is 1. The summed E-state index contributed by atoms with van der Waals surface area (Å²) in [6.07, 6.45) is 0. The molecule has 1 aromatic carbocycles. The first-order valence-corrected chi connectivity index (χ1v) is 6.28. The summed E-state index contributed by atoms with van der Waals surface area (Å²) >= 11 is 0. The highest BCUT2D eigenvalue weighted by Crippen LogP contribution is 2.09. The van der Waals surface area contributed by atoms with E-state index < -0.39 is 5.97 Å². The summed E-state index contributed by atoms with van der Waals surface area (Å²) in [5.41, 5.74) is 0.940. The molecule has 21 heavy (non-hydrogen) atoms. The molecular weight excluding hydrogens is 274 g/mol. The zero-order valence-corrected chi connectivity index (χ0v) is 11.7. The third kappa shape index (κ3) is 6.51. The highest BCUT2D eigenvalue weighted by atomic mass is 16.5. The number of carboxylic acids is 1. The van der Waals surface area contributed by atoms with Crippen molar-refractivity contribution in [2.24, 2.45) is 0 Å². The maximum atomic E-state index is 11.9. The molecule has 0 unspecified atom stereocenters. The molecule has 0 saturated carbocycles. The number of amides is 1. The van der Waals surface area contributed by atoms with Crippen LogP contribution in [0.1, 0.15) is 5.56 Å². The van der Waals surface area contributed by atoms with E-state index in [0.29, 0.717) is 24.4 Å². The van der Waals surface area contributed by atoms with Gasteiger partial charge in [-0.05, 0) is 18.2 Å². The average molecular weight is 291 g/mol. The van der Waals surface area contributed by atoms with Crippen LogP contribution in [0.5, 0.6) is 0 Å². The van der Waals surface area contributed by atoms with Gasteiger partial charge in [0.15, 0.2) is 0 Å². The number of carboxylic acid groups (broad SMARTS) is 1. The molecule has 0 aliphatic heterocycles. The lowest BCUT2D eigenvalue weighted by molar-refractivity contribution is -0.138. The Kier molecular flexibility index (Phi) is 6.87. The number of aliphatic carboxylic acids is 1. The fraction of sp³-hybridized carbons (Fsp3) is 0.357. The molecule has 1 amide bonds. The van der Waals surface area contributed by atoms with E-state index in [4.69, 9.17) is 15.1 Å². The molecule has 0 atom stereocenters. The van der Waals surface area contributed by atoms with Crippen LogP contribution in [0.25, 0.3) is 0 Å². The first kappa shape index (κ1) is 16.6. The molecule has 0 aliphatic rings. The van der Waals surface area contributed by atoms with Crippen molar-refractivity contribution < 1.29 is 19.4 Å². The van der Waals surface area contributed by atoms with E-state index in [1.807, 2.05) is 6.07 Å². The largest absolute Gasteiger partial charge is 0.480 e. The number of anilines is 1. The normalized spacial score (nSPS) is 10.1. The minimum atomic E-state index is -1.01. The summed E-state index contributed by atoms with van der Waals surface area (Å²) in [6.45, 7) is 0.375. The first-order chi connectivity index (χ1) is 10.0. The summed E-state index contributed by atoms with van der Waals surface area (Å²) < 4.78 is 4.88. The van der Waals surface area contributed by atoms with Gasteiger partial charge in [0.1, 0.15) is 0 Å². The Morgan fingerprint density at radius 2 is 2.19 bits per heavy atom. The smallest absolute Gasteiger partial charge is 0.317 e. The van der Waals surface area contributed by atoms with Gasteiger partial charge in [-0.25, -0.2) is 0 Å². The Hall–Kier alpha value is -2.43. The predicted octanol–water partition coefficient (Wildman–Crippen LogP) is 0.530. The van der Waals surface area contributed by atoms with Crippen LogP contribution in [0, 0.1) is 11.3 Å². The molecule has 2 N–H and O–H groups in total. The monoisotopic (exact) mass is 291 g/mol. The van der Waals surface area contributed by atoms with E-state index in [1.165, 1.54) is 12.0 Å². The van der Waals surface area contributed by atoms with Gasteiger partial charge >= 0.3 is 5.97 Å². The quantitative estimate of drug-likeness (QED) is 0.724. The molecule has 0 aliphatic carbocycles. The number of carbonyl (C=O) groups is 2. The molecular formula is C14H17N3O4. The molecule has 0 aromatic heterocycles. The molecule has 0 bridgehead atoms. The molecule has 112 valence electrons. The lowest BCUT2D eigenvalue weighted by Gasteiger charge is -2.19. The highest BCUT2D eigenvalue weighted by molar-refractivity contribution is 5.92. The molecule has 1 rings (SSSR count). The second-order valence-electron chi connectivity index (χ2n) is 4.34. The fourth-order valence-corrected chi connectivity index (χ4v) is 1.70. The van der Waals surface area contributed by atoms with Gasteiger partial charge in [-0.15, -0.1) is 0 Å². The van der Waals surface area contributed by atoms with Gasteiger partial charge in [-0.3, -0.25) is 14.5 Å². The summed E-state index contributed by atoms with van der Waals surface area (Å²) in [6, 6.07) is 8.48. The number of hydrogen-bond acceptors (Lipinski definition) is 5. The SMILES string of the molecule is COCCN(CC(=O)O)CC(=O)Nc1cccc(C#N)c1. The summed E-state index contributed by atoms with van der Waals surface area (Å²) in [7, 11) is 1.51. The number of rotatable bonds is 8. The van der Waals surface area contributed by atoms with E-state index in [-0.39, 0.29) is 19.0 Å². The summed E-state index contributed by atoms with van der Waals surface area (Å²) in [4.78, 5) is 24.1. The van der Waals surface area contributed by atoms with Crippen LogP contribution in [0.2, 0.25) is 0 Å². The van der Waals surface area contributed by atoms with Crippen molar-refractivity contribution in [2.75, 3.05) is 38.7 Å². The van der Waals surface area contributed by atoms with Crippen LogP contribution >= 0.6 is 0 Å². The number of nitrogens with one attached hydrogen (secondary N) is 1. The molecule has 0 fully saturated rings. The number of ether oxygens (including phenoxy) is 1. The van der Waals surface area contributed by atoms with Gasteiger partial charge in [-0.1, -0.05) is 6.07 Å². The van der Waals surface area contributed by atoms with Crippen LogP contribution < -0.4 is 5.32 Å². The van der Waals surface area contributed by atoms with Crippen LogP contribution in [0.4, 0.5) is 5.69 Å². The Balaban J connectivity index is 2.59. The second kappa shape index (κ2) is 8.68. The van der Waals surface area contributed by atoms with Crippen molar-refractivity contribution in [3.05, 3.63) is 29.8 Å². The number of nitriles is 1. The molecule has 0 radical (unpaired) electrons. The second-order valence-corrected chi connectivity index (χ2v) is 4.34. The number of nitrogens with zero attached hydrogens (tertiary/aromatic N) is 2. The Bertz CT molecular complexity index is 539. The standard InChI is InChI=1S/C14H17N3O4/c1-21-6-5-17(10-14(19)20)9-13(18)16-12-4-2-3-11(7-12)8-15/h2-4,7H,5-6,9-10H2,1H3,(H,16,18)(H,19,20). The summed E-state index contributed by atoms with van der Waals surface area (Å²) in [5, 5.41) is 20.2. The number of benzene rings is 1. The van der Waals surface area contributed by atoms with Gasteiger partial charge in [-0.2, -0.15) is 5.26 Å². The minimum absolute atomic E-state index is 0.0631. The third-order valence-corrected chi connectivity index (χ3v) is 2.61. The zero-order valence-electron chi connectivity index (χ0n) is 11.7. The van der Waals surface area contributed by atoms with Crippen LogP contribution in [-0.2, 0) is 14.3 Å². The predicted molar refractivity (Wildman–Crippen MR) is 75.7 cm³/mol. The van der Waals surface area contributed by atoms with E-state index in [9.17, 15) is 9.59 Å². The van der Waals surface area contributed by atoms with Crippen LogP contribution in [0.15, 0.2) is 24.3 Å². The Morgan fingerprint density at radius 3 is 2.81 bits per heavy atom. The molecule has 0 saturated heterocycles. The van der Waals surface area contributed by atoms with E-state index >= 15 is 0 Å². The maximum absolute atomic E-state index is 11.9. The van der Waals surface area contributed by atoms with Gasteiger partial charge in [0.25, 0.3) is 0 Å². The molecule has 7 heteroatoms. The van der Waals surface area contributed by atoms with Crippen molar-refractivity contribution >= 4 is 17.6 Å². The van der Waals surface area contributed by atoms with Crippen molar-refractivity contribution in [3.63, 3.8) is 0 Å². The minimum Gasteiger partial charge on any atom is -0.480 e. The molecule has 0 spiro atoms. The Morgan fingerprint density at radius 1 is 1.43 bits per heavy atom. The van der Waals surface area contributed by atoms with Crippen molar-refractivity contribution in [1.29, 1.82) is 5.26 Å². The number of hydrogen-bond donors (Lipinski definition) is 2. The van der Waals surface area contributed by atoms with Crippen molar-refractivity contribution in [2.45, 2.75) is 0 Å². The van der Waals surface area contributed by atoms with Gasteiger partial charge in [0, 0.05) is 19.3 Å².